The first-order valence-electron chi connectivity index (χ1n) is 15.3. The molecule has 0 aliphatic rings. The van der Waals surface area contributed by atoms with Crippen molar-refractivity contribution >= 4 is 51.1 Å². The van der Waals surface area contributed by atoms with Crippen LogP contribution in [0.4, 0.5) is 0 Å². The van der Waals surface area contributed by atoms with Gasteiger partial charge in [-0.25, -0.2) is 9.59 Å². The summed E-state index contributed by atoms with van der Waals surface area (Å²) < 4.78 is 10.3. The lowest BCUT2D eigenvalue weighted by Gasteiger charge is -2.11. The standard InChI is InChI=1S/C20H15ClO3.C12H9ClO.C9H9BrO2/c21-18-12-15(14-6-2-1-3-7-14)10-11-19(18)24-13-16-8-4-5-9-17(16)20(22)23;13-11-8-10(6-7-12(11)14)9-4-2-1-3-5-9;1-12-9(11)8-5-3-2-4-7(8)6-10/h1-12H,13H2,(H,22,23);1-8,14H;2-5H,6H2,1H3. The molecule has 0 amide bonds. The van der Waals surface area contributed by atoms with Gasteiger partial charge in [-0.05, 0) is 64.2 Å². The zero-order valence-electron chi connectivity index (χ0n) is 26.9. The number of aromatic carboxylic acids is 1. The van der Waals surface area contributed by atoms with Crippen LogP contribution in [0.5, 0.6) is 11.5 Å². The molecule has 0 bridgehead atoms. The van der Waals surface area contributed by atoms with Gasteiger partial charge in [0.1, 0.15) is 18.1 Å². The Morgan fingerprint density at radius 3 is 1.64 bits per heavy atom. The third kappa shape index (κ3) is 10.7. The molecule has 0 radical (unpaired) electrons. The predicted octanol–water partition coefficient (Wildman–Crippen LogP) is 11.4. The summed E-state index contributed by atoms with van der Waals surface area (Å²) in [5.74, 6) is -0.618. The van der Waals surface area contributed by atoms with Crippen LogP contribution in [0.3, 0.4) is 0 Å². The monoisotopic (exact) mass is 770 g/mol. The van der Waals surface area contributed by atoms with E-state index >= 15 is 0 Å². The maximum Gasteiger partial charge on any atom is 0.338 e. The van der Waals surface area contributed by atoms with E-state index in [9.17, 15) is 19.8 Å². The van der Waals surface area contributed by atoms with Crippen molar-refractivity contribution in [1.29, 1.82) is 0 Å². The summed E-state index contributed by atoms with van der Waals surface area (Å²) >= 11 is 15.4. The number of esters is 1. The number of phenols is 1. The van der Waals surface area contributed by atoms with Crippen LogP contribution in [0.2, 0.25) is 10.0 Å². The molecule has 0 saturated carbocycles. The highest BCUT2D eigenvalue weighted by atomic mass is 79.9. The fraction of sp³-hybridized carbons (Fsp3) is 0.0732. The largest absolute Gasteiger partial charge is 0.506 e. The lowest BCUT2D eigenvalue weighted by atomic mass is 10.1. The number of methoxy groups -OCH3 is 1. The van der Waals surface area contributed by atoms with Gasteiger partial charge in [-0.1, -0.05) is 148 Å². The highest BCUT2D eigenvalue weighted by molar-refractivity contribution is 9.08. The van der Waals surface area contributed by atoms with Gasteiger partial charge in [0.25, 0.3) is 0 Å². The molecule has 0 spiro atoms. The highest BCUT2D eigenvalue weighted by Crippen LogP contribution is 2.31. The number of carboxylic acid groups (broad SMARTS) is 1. The number of ether oxygens (including phenoxy) is 2. The van der Waals surface area contributed by atoms with Crippen molar-refractivity contribution in [2.45, 2.75) is 11.9 Å². The number of rotatable bonds is 8. The van der Waals surface area contributed by atoms with E-state index in [1.165, 1.54) is 7.11 Å². The number of hydrogen-bond donors (Lipinski definition) is 2. The fourth-order valence-electron chi connectivity index (χ4n) is 4.70. The summed E-state index contributed by atoms with van der Waals surface area (Å²) in [7, 11) is 1.38. The SMILES string of the molecule is COC(=O)c1ccccc1CBr.O=C(O)c1ccccc1COc1ccc(-c2ccccc2)cc1Cl.Oc1ccc(-c2ccccc2)cc1Cl. The van der Waals surface area contributed by atoms with E-state index in [1.54, 1.807) is 48.5 Å². The first-order valence-corrected chi connectivity index (χ1v) is 17.1. The van der Waals surface area contributed by atoms with Gasteiger partial charge in [0, 0.05) is 10.9 Å². The third-order valence-electron chi connectivity index (χ3n) is 7.29. The van der Waals surface area contributed by atoms with Crippen LogP contribution in [0.1, 0.15) is 31.8 Å². The minimum Gasteiger partial charge on any atom is -0.506 e. The normalized spacial score (nSPS) is 10.1. The summed E-state index contributed by atoms with van der Waals surface area (Å²) in [4.78, 5) is 22.4. The molecule has 0 aromatic heterocycles. The van der Waals surface area contributed by atoms with Gasteiger partial charge in [-0.2, -0.15) is 0 Å². The molecular formula is C41H33BrCl2O6. The summed E-state index contributed by atoms with van der Waals surface area (Å²) in [5.41, 5.74) is 6.58. The molecule has 9 heteroatoms. The number of halogens is 3. The van der Waals surface area contributed by atoms with Crippen molar-refractivity contribution in [3.63, 3.8) is 0 Å². The van der Waals surface area contributed by atoms with Gasteiger partial charge in [-0.3, -0.25) is 0 Å². The summed E-state index contributed by atoms with van der Waals surface area (Å²) in [6, 6.07) is 44.7. The lowest BCUT2D eigenvalue weighted by Crippen LogP contribution is -2.05. The Balaban J connectivity index is 0.000000184. The van der Waals surface area contributed by atoms with Crippen molar-refractivity contribution < 1.29 is 29.3 Å². The van der Waals surface area contributed by atoms with E-state index in [0.29, 0.717) is 32.3 Å². The minimum atomic E-state index is -0.972. The van der Waals surface area contributed by atoms with Crippen LogP contribution in [-0.2, 0) is 16.7 Å². The van der Waals surface area contributed by atoms with Crippen LogP contribution in [0.15, 0.2) is 146 Å². The van der Waals surface area contributed by atoms with Gasteiger partial charge >= 0.3 is 11.9 Å². The van der Waals surface area contributed by atoms with Crippen molar-refractivity contribution in [3.8, 4) is 33.8 Å². The molecule has 0 heterocycles. The Labute approximate surface area is 309 Å². The average molecular weight is 773 g/mol. The number of aromatic hydroxyl groups is 1. The topological polar surface area (TPSA) is 93.1 Å². The van der Waals surface area contributed by atoms with Gasteiger partial charge in [0.15, 0.2) is 0 Å². The number of carbonyl (C=O) groups is 2. The molecule has 0 unspecified atom stereocenters. The quantitative estimate of drug-likeness (QED) is 0.118. The first-order chi connectivity index (χ1) is 24.2. The number of alkyl halides is 1. The summed E-state index contributed by atoms with van der Waals surface area (Å²) in [6.07, 6.45) is 0. The molecule has 0 aliphatic carbocycles. The molecule has 6 nitrogen and oxygen atoms in total. The van der Waals surface area contributed by atoms with E-state index in [1.807, 2.05) is 97.1 Å². The van der Waals surface area contributed by atoms with Crippen LogP contribution in [0, 0.1) is 0 Å². The highest BCUT2D eigenvalue weighted by Gasteiger charge is 2.11. The number of carboxylic acids is 1. The number of benzene rings is 6. The molecule has 0 fully saturated rings. The minimum absolute atomic E-state index is 0.117. The van der Waals surface area contributed by atoms with Gasteiger partial charge in [-0.15, -0.1) is 0 Å². The Morgan fingerprint density at radius 1 is 0.620 bits per heavy atom. The summed E-state index contributed by atoms with van der Waals surface area (Å²) in [5, 5.41) is 20.0. The second kappa shape index (κ2) is 19.2. The number of phenolic OH excluding ortho intramolecular Hbond substituents is 1. The molecule has 6 aromatic carbocycles. The molecule has 50 heavy (non-hydrogen) atoms. The lowest BCUT2D eigenvalue weighted by molar-refractivity contribution is 0.0599. The molecule has 6 aromatic rings. The molecule has 0 aliphatic heterocycles. The van der Waals surface area contributed by atoms with E-state index in [4.69, 9.17) is 27.9 Å². The molecule has 6 rings (SSSR count). The van der Waals surface area contributed by atoms with Gasteiger partial charge in [0.05, 0.1) is 28.3 Å². The number of hydrogen-bond acceptors (Lipinski definition) is 5. The van der Waals surface area contributed by atoms with Gasteiger partial charge in [0.2, 0.25) is 0 Å². The predicted molar refractivity (Wildman–Crippen MR) is 204 cm³/mol. The zero-order chi connectivity index (χ0) is 35.9. The Hall–Kier alpha value is -5.08. The van der Waals surface area contributed by atoms with Crippen molar-refractivity contribution in [1.82, 2.24) is 0 Å². The van der Waals surface area contributed by atoms with Crippen molar-refractivity contribution in [3.05, 3.63) is 178 Å². The van der Waals surface area contributed by atoms with E-state index < -0.39 is 5.97 Å². The van der Waals surface area contributed by atoms with E-state index in [-0.39, 0.29) is 23.9 Å². The van der Waals surface area contributed by atoms with Crippen molar-refractivity contribution in [2.24, 2.45) is 0 Å². The molecule has 0 saturated heterocycles. The van der Waals surface area contributed by atoms with Crippen LogP contribution in [0.25, 0.3) is 22.3 Å². The van der Waals surface area contributed by atoms with Crippen LogP contribution in [-0.4, -0.2) is 29.3 Å². The van der Waals surface area contributed by atoms with Crippen LogP contribution < -0.4 is 4.74 Å². The maximum absolute atomic E-state index is 11.2. The maximum atomic E-state index is 11.2. The molecule has 254 valence electrons. The molecule has 0 atom stereocenters. The van der Waals surface area contributed by atoms with E-state index in [0.717, 1.165) is 27.8 Å². The van der Waals surface area contributed by atoms with Gasteiger partial charge < -0.3 is 19.7 Å². The Morgan fingerprint density at radius 2 is 1.12 bits per heavy atom. The Kier molecular flexibility index (Phi) is 14.5. The second-order valence-corrected chi connectivity index (χ2v) is 12.0. The summed E-state index contributed by atoms with van der Waals surface area (Å²) in [6.45, 7) is 0.146. The van der Waals surface area contributed by atoms with Crippen molar-refractivity contribution in [2.75, 3.05) is 7.11 Å². The molecule has 2 N–H and O–H groups in total. The number of carbonyl (C=O) groups excluding carboxylic acids is 1. The Bertz CT molecular complexity index is 2020. The van der Waals surface area contributed by atoms with Crippen LogP contribution >= 0.6 is 39.1 Å². The average Bonchev–Trinajstić information content (AvgIpc) is 3.16. The zero-order valence-corrected chi connectivity index (χ0v) is 30.0. The first kappa shape index (κ1) is 37.7. The smallest absolute Gasteiger partial charge is 0.338 e. The third-order valence-corrected chi connectivity index (χ3v) is 8.49. The second-order valence-electron chi connectivity index (χ2n) is 10.6. The fourth-order valence-corrected chi connectivity index (χ4v) is 5.61. The molecular weight excluding hydrogens is 739 g/mol. The van der Waals surface area contributed by atoms with E-state index in [2.05, 4.69) is 20.7 Å².